The van der Waals surface area contributed by atoms with Gasteiger partial charge in [0.2, 0.25) is 10.0 Å². The van der Waals surface area contributed by atoms with Crippen LogP contribution in [0.2, 0.25) is 0 Å². The second kappa shape index (κ2) is 11.2. The zero-order valence-corrected chi connectivity index (χ0v) is 24.4. The number of rotatable bonds is 7. The molecule has 13 heteroatoms. The summed E-state index contributed by atoms with van der Waals surface area (Å²) in [6, 6.07) is 4.55. The standard InChI is InChI=1S/C24H34N5O5PS2/c1-8-34-35(31)20-15-18(27-37(7,32)33)9-10-19(20)25-22(26-35)21-17(3)16(2)11-14-36-28-29(23(21)30)13-12-24(4,5)6/h9-11,14-15,27-28H,2,8,12-13H2,1,3-7H3,(H,25,26,31)/b14-11-,21-17-. The average Bonchev–Trinajstić information content (AvgIpc) is 2.81. The highest BCUT2D eigenvalue weighted by Gasteiger charge is 2.37. The molecule has 3 N–H and O–H groups in total. The molecule has 1 atom stereocenters. The van der Waals surface area contributed by atoms with Crippen molar-refractivity contribution in [3.63, 3.8) is 0 Å². The number of benzene rings is 1. The molecule has 2 aliphatic rings. The second-order valence-electron chi connectivity index (χ2n) is 9.92. The number of sulfonamides is 1. The van der Waals surface area contributed by atoms with Crippen molar-refractivity contribution in [3.8, 4) is 0 Å². The van der Waals surface area contributed by atoms with Crippen molar-refractivity contribution in [1.29, 1.82) is 0 Å². The van der Waals surface area contributed by atoms with Crippen molar-refractivity contribution in [2.45, 2.75) is 41.0 Å². The molecule has 0 bridgehead atoms. The molecular weight excluding hydrogens is 533 g/mol. The van der Waals surface area contributed by atoms with Crippen molar-refractivity contribution >= 4 is 57.9 Å². The fraction of sp³-hybridized carbons (Fsp3) is 0.417. The summed E-state index contributed by atoms with van der Waals surface area (Å²) >= 11 is 1.25. The van der Waals surface area contributed by atoms with Crippen LogP contribution < -0.4 is 20.2 Å². The summed E-state index contributed by atoms with van der Waals surface area (Å²) in [6.07, 6.45) is 3.55. The van der Waals surface area contributed by atoms with Gasteiger partial charge >= 0.3 is 7.52 Å². The Labute approximate surface area is 223 Å². The van der Waals surface area contributed by atoms with Gasteiger partial charge < -0.3 is 9.84 Å². The molecule has 0 aliphatic carbocycles. The quantitative estimate of drug-likeness (QED) is 0.323. The predicted molar refractivity (Wildman–Crippen MR) is 152 cm³/mol. The third-order valence-electron chi connectivity index (χ3n) is 5.53. The van der Waals surface area contributed by atoms with E-state index >= 15 is 0 Å². The Morgan fingerprint density at radius 1 is 1.30 bits per heavy atom. The van der Waals surface area contributed by atoms with Gasteiger partial charge in [0.1, 0.15) is 5.84 Å². The molecule has 0 saturated heterocycles. The number of amides is 1. The molecule has 2 aliphatic heterocycles. The summed E-state index contributed by atoms with van der Waals surface area (Å²) in [5.74, 6) is -0.258. The number of anilines is 2. The summed E-state index contributed by atoms with van der Waals surface area (Å²) in [5.41, 5.74) is 2.00. The molecule has 202 valence electrons. The lowest BCUT2D eigenvalue weighted by molar-refractivity contribution is -0.128. The van der Waals surface area contributed by atoms with Gasteiger partial charge in [0, 0.05) is 12.2 Å². The lowest BCUT2D eigenvalue weighted by Gasteiger charge is -2.30. The Bertz CT molecular complexity index is 1350. The highest BCUT2D eigenvalue weighted by molar-refractivity contribution is 8.00. The van der Waals surface area contributed by atoms with Crippen molar-refractivity contribution in [3.05, 3.63) is 53.0 Å². The number of hydrogen-bond acceptors (Lipinski definition) is 8. The molecule has 1 aromatic carbocycles. The van der Waals surface area contributed by atoms with E-state index in [4.69, 9.17) is 4.52 Å². The summed E-state index contributed by atoms with van der Waals surface area (Å²) in [6.45, 7) is 14.4. The van der Waals surface area contributed by atoms with Crippen LogP contribution in [0.3, 0.4) is 0 Å². The number of carbonyl (C=O) groups is 1. The molecule has 0 fully saturated rings. The minimum atomic E-state index is -3.88. The molecule has 1 unspecified atom stereocenters. The van der Waals surface area contributed by atoms with E-state index in [9.17, 15) is 17.8 Å². The molecule has 1 aromatic rings. The van der Waals surface area contributed by atoms with Gasteiger partial charge in [0.15, 0.2) is 0 Å². The van der Waals surface area contributed by atoms with Crippen LogP contribution in [-0.2, 0) is 23.9 Å². The third kappa shape index (κ3) is 7.36. The van der Waals surface area contributed by atoms with Gasteiger partial charge in [0.25, 0.3) is 5.91 Å². The van der Waals surface area contributed by atoms with Gasteiger partial charge in [-0.15, -0.1) is 0 Å². The van der Waals surface area contributed by atoms with Crippen LogP contribution in [0.15, 0.2) is 57.7 Å². The van der Waals surface area contributed by atoms with Crippen molar-refractivity contribution in [1.82, 2.24) is 9.84 Å². The van der Waals surface area contributed by atoms with Gasteiger partial charge in [-0.2, -0.15) is 9.59 Å². The van der Waals surface area contributed by atoms with E-state index in [1.54, 1.807) is 31.4 Å². The first-order valence-electron chi connectivity index (χ1n) is 11.7. The molecule has 3 rings (SSSR count). The SMILES string of the molecule is C=C1/C=C\SNN(CCC(C)(C)C)C(=O)/C(C2=NP(=O)(OCC)c3cc(NS(C)(=O)=O)ccc3N2)=C\1C. The predicted octanol–water partition coefficient (Wildman–Crippen LogP) is 4.55. The molecule has 2 heterocycles. The van der Waals surface area contributed by atoms with E-state index in [-0.39, 0.29) is 40.3 Å². The normalized spacial score (nSPS) is 23.8. The first-order valence-corrected chi connectivity index (χ1v) is 16.0. The number of hydrogen-bond donors (Lipinski definition) is 3. The Kier molecular flexibility index (Phi) is 8.81. The fourth-order valence-corrected chi connectivity index (χ4v) is 6.53. The van der Waals surface area contributed by atoms with Gasteiger partial charge in [-0.1, -0.05) is 27.4 Å². The van der Waals surface area contributed by atoms with E-state index in [1.165, 1.54) is 29.1 Å². The highest BCUT2D eigenvalue weighted by atomic mass is 32.2. The Balaban J connectivity index is 2.13. The van der Waals surface area contributed by atoms with Crippen molar-refractivity contribution in [2.24, 2.45) is 10.2 Å². The van der Waals surface area contributed by atoms with Gasteiger partial charge in [-0.05, 0) is 78.5 Å². The van der Waals surface area contributed by atoms with Crippen molar-refractivity contribution in [2.75, 3.05) is 29.4 Å². The van der Waals surface area contributed by atoms with Gasteiger partial charge in [-0.25, -0.2) is 8.42 Å². The summed E-state index contributed by atoms with van der Waals surface area (Å²) in [4.78, 5) is 17.0. The molecule has 10 nitrogen and oxygen atoms in total. The molecule has 0 radical (unpaired) electrons. The van der Waals surface area contributed by atoms with E-state index in [2.05, 4.69) is 47.0 Å². The number of fused-ring (bicyclic) bond motifs is 1. The summed E-state index contributed by atoms with van der Waals surface area (Å²) in [5, 5.41) is 6.66. The lowest BCUT2D eigenvalue weighted by Crippen LogP contribution is -2.44. The number of nitrogens with one attached hydrogen (secondary N) is 3. The van der Waals surface area contributed by atoms with E-state index < -0.39 is 17.5 Å². The van der Waals surface area contributed by atoms with Crippen LogP contribution in [0.25, 0.3) is 0 Å². The van der Waals surface area contributed by atoms with E-state index in [1.807, 2.05) is 0 Å². The highest BCUT2D eigenvalue weighted by Crippen LogP contribution is 2.52. The Morgan fingerprint density at radius 3 is 2.62 bits per heavy atom. The molecule has 0 spiro atoms. The largest absolute Gasteiger partial charge is 0.348 e. The zero-order valence-electron chi connectivity index (χ0n) is 21.9. The minimum Gasteiger partial charge on any atom is -0.339 e. The van der Waals surface area contributed by atoms with Crippen molar-refractivity contribution < 1.29 is 22.3 Å². The number of nitrogens with zero attached hydrogens (tertiary/aromatic N) is 2. The van der Waals surface area contributed by atoms with Crippen LogP contribution in [-0.4, -0.2) is 44.6 Å². The van der Waals surface area contributed by atoms with Crippen LogP contribution in [0.5, 0.6) is 0 Å². The maximum absolute atomic E-state index is 14.1. The molecular formula is C24H34N5O5PS2. The van der Waals surface area contributed by atoms with E-state index in [0.717, 1.165) is 12.7 Å². The van der Waals surface area contributed by atoms with Crippen LogP contribution >= 0.6 is 19.5 Å². The van der Waals surface area contributed by atoms with Gasteiger partial charge in [0.05, 0.1) is 29.4 Å². The van der Waals surface area contributed by atoms with Crippen LogP contribution in [0.4, 0.5) is 11.4 Å². The third-order valence-corrected chi connectivity index (χ3v) is 8.79. The molecule has 37 heavy (non-hydrogen) atoms. The van der Waals surface area contributed by atoms with Crippen LogP contribution in [0, 0.1) is 5.41 Å². The Morgan fingerprint density at radius 2 is 2.00 bits per heavy atom. The smallest absolute Gasteiger partial charge is 0.339 e. The topological polar surface area (TPSA) is 129 Å². The number of hydrazine groups is 1. The first kappa shape index (κ1) is 29.2. The van der Waals surface area contributed by atoms with Crippen LogP contribution in [0.1, 0.15) is 41.0 Å². The van der Waals surface area contributed by atoms with E-state index in [0.29, 0.717) is 23.4 Å². The molecule has 0 aromatic heterocycles. The molecule has 0 saturated carbocycles. The minimum absolute atomic E-state index is 0.00859. The maximum Gasteiger partial charge on any atom is 0.348 e. The first-order chi connectivity index (χ1) is 17.1. The number of allylic oxidation sites excluding steroid dienone is 3. The fourth-order valence-electron chi connectivity index (χ4n) is 3.58. The van der Waals surface area contributed by atoms with Gasteiger partial charge in [-0.3, -0.25) is 19.1 Å². The summed E-state index contributed by atoms with van der Waals surface area (Å²) < 4.78 is 50.0. The lowest BCUT2D eigenvalue weighted by atomic mass is 9.92. The number of carbonyl (C=O) groups excluding carboxylic acids is 1. The monoisotopic (exact) mass is 567 g/mol. The Hall–Kier alpha value is -2.37. The summed E-state index contributed by atoms with van der Waals surface area (Å²) in [7, 11) is -7.43. The average molecular weight is 568 g/mol. The zero-order chi connectivity index (χ0) is 27.6. The molecule has 1 amide bonds. The second-order valence-corrected chi connectivity index (χ2v) is 14.3. The number of amidine groups is 1. The maximum atomic E-state index is 14.1.